The molecule has 0 saturated carbocycles. The predicted molar refractivity (Wildman–Crippen MR) is 138 cm³/mol. The number of halogens is 1. The molecule has 4 rings (SSSR count). The van der Waals surface area contributed by atoms with Crippen LogP contribution in [0.5, 0.6) is 0 Å². The van der Waals surface area contributed by atoms with Gasteiger partial charge in [0, 0.05) is 28.0 Å². The molecule has 3 aromatic carbocycles. The fourth-order valence-electron chi connectivity index (χ4n) is 3.21. The molecule has 0 saturated heterocycles. The van der Waals surface area contributed by atoms with E-state index < -0.39 is 0 Å². The van der Waals surface area contributed by atoms with Gasteiger partial charge >= 0.3 is 0 Å². The first kappa shape index (κ1) is 23.1. The minimum atomic E-state index is -0.0403. The van der Waals surface area contributed by atoms with Crippen molar-refractivity contribution in [3.63, 3.8) is 0 Å². The van der Waals surface area contributed by atoms with Crippen molar-refractivity contribution < 1.29 is 4.79 Å². The van der Waals surface area contributed by atoms with Crippen molar-refractivity contribution >= 4 is 45.0 Å². The fraction of sp³-hybridized carbons (Fsp3) is 0.160. The number of rotatable bonds is 9. The summed E-state index contributed by atoms with van der Waals surface area (Å²) in [6.07, 6.45) is 0.366. The van der Waals surface area contributed by atoms with Crippen LogP contribution in [0.4, 0.5) is 11.4 Å². The molecule has 1 aromatic heterocycles. The van der Waals surface area contributed by atoms with Gasteiger partial charge in [0.25, 0.3) is 0 Å². The van der Waals surface area contributed by atoms with Crippen LogP contribution in [0.3, 0.4) is 0 Å². The molecule has 0 aliphatic rings. The number of hydrogen-bond donors (Lipinski definition) is 2. The first-order valence-corrected chi connectivity index (χ1v) is 12.4. The van der Waals surface area contributed by atoms with Crippen molar-refractivity contribution in [2.45, 2.75) is 25.0 Å². The van der Waals surface area contributed by atoms with Crippen molar-refractivity contribution in [2.75, 3.05) is 16.4 Å². The Hall–Kier alpha value is -3.10. The number of anilines is 2. The lowest BCUT2D eigenvalue weighted by atomic mass is 10.2. The molecule has 0 aliphatic carbocycles. The second-order valence-corrected chi connectivity index (χ2v) is 9.33. The summed E-state index contributed by atoms with van der Waals surface area (Å²) in [5.41, 5.74) is 4.00. The Balaban J connectivity index is 1.43. The highest BCUT2D eigenvalue weighted by Gasteiger charge is 2.15. The zero-order valence-corrected chi connectivity index (χ0v) is 20.6. The van der Waals surface area contributed by atoms with Gasteiger partial charge in [-0.05, 0) is 59.3 Å². The number of benzene rings is 3. The number of aryl methyl sites for hydroxylation is 1. The second kappa shape index (κ2) is 11.2. The largest absolute Gasteiger partial charge is 0.378 e. The van der Waals surface area contributed by atoms with Gasteiger partial charge in [-0.15, -0.1) is 10.2 Å². The van der Waals surface area contributed by atoms with Crippen molar-refractivity contribution in [1.29, 1.82) is 0 Å². The molecule has 0 atom stereocenters. The van der Waals surface area contributed by atoms with Crippen molar-refractivity contribution in [3.05, 3.63) is 94.7 Å². The SMILES string of the molecule is Cc1ccc(NCc2nnc(SCCC(=O)Nc3ccccc3Br)n2-c2ccccc2)cc1. The number of thioether (sulfide) groups is 1. The average Bonchev–Trinajstić information content (AvgIpc) is 3.23. The van der Waals surface area contributed by atoms with E-state index in [1.54, 1.807) is 0 Å². The molecule has 0 spiro atoms. The van der Waals surface area contributed by atoms with E-state index in [2.05, 4.69) is 68.0 Å². The summed E-state index contributed by atoms with van der Waals surface area (Å²) < 4.78 is 2.90. The first-order chi connectivity index (χ1) is 16.1. The lowest BCUT2D eigenvalue weighted by Gasteiger charge is -2.12. The molecule has 2 N–H and O–H groups in total. The third-order valence-corrected chi connectivity index (χ3v) is 6.55. The molecule has 8 heteroatoms. The maximum atomic E-state index is 12.4. The Morgan fingerprint density at radius 3 is 2.45 bits per heavy atom. The van der Waals surface area contributed by atoms with E-state index in [0.29, 0.717) is 18.7 Å². The lowest BCUT2D eigenvalue weighted by Crippen LogP contribution is -2.13. The molecule has 168 valence electrons. The molecular formula is C25H24BrN5OS. The summed E-state index contributed by atoms with van der Waals surface area (Å²) in [6, 6.07) is 25.9. The topological polar surface area (TPSA) is 71.8 Å². The molecular weight excluding hydrogens is 498 g/mol. The molecule has 4 aromatic rings. The highest BCUT2D eigenvalue weighted by atomic mass is 79.9. The quantitative estimate of drug-likeness (QED) is 0.261. The first-order valence-electron chi connectivity index (χ1n) is 10.6. The summed E-state index contributed by atoms with van der Waals surface area (Å²) in [5, 5.41) is 16.0. The summed E-state index contributed by atoms with van der Waals surface area (Å²) in [5.74, 6) is 1.36. The van der Waals surface area contributed by atoms with Gasteiger partial charge in [0.15, 0.2) is 11.0 Å². The van der Waals surface area contributed by atoms with Crippen LogP contribution in [0.15, 0.2) is 88.5 Å². The molecule has 0 radical (unpaired) electrons. The van der Waals surface area contributed by atoms with Gasteiger partial charge in [-0.3, -0.25) is 9.36 Å². The highest BCUT2D eigenvalue weighted by molar-refractivity contribution is 9.10. The maximum absolute atomic E-state index is 12.4. The average molecular weight is 522 g/mol. The lowest BCUT2D eigenvalue weighted by molar-refractivity contribution is -0.115. The number of amides is 1. The Bertz CT molecular complexity index is 1210. The van der Waals surface area contributed by atoms with Gasteiger partial charge < -0.3 is 10.6 Å². The molecule has 1 amide bonds. The van der Waals surface area contributed by atoms with Crippen LogP contribution in [0.2, 0.25) is 0 Å². The van der Waals surface area contributed by atoms with Crippen LogP contribution in [-0.4, -0.2) is 26.4 Å². The molecule has 1 heterocycles. The number of aromatic nitrogens is 3. The Morgan fingerprint density at radius 2 is 1.70 bits per heavy atom. The van der Waals surface area contributed by atoms with E-state index >= 15 is 0 Å². The third-order valence-electron chi connectivity index (χ3n) is 4.93. The molecule has 0 bridgehead atoms. The Kier molecular flexibility index (Phi) is 7.80. The second-order valence-electron chi connectivity index (χ2n) is 7.42. The minimum Gasteiger partial charge on any atom is -0.378 e. The van der Waals surface area contributed by atoms with E-state index in [0.717, 1.165) is 32.5 Å². The monoisotopic (exact) mass is 521 g/mol. The van der Waals surface area contributed by atoms with Crippen LogP contribution in [0, 0.1) is 6.92 Å². The molecule has 0 unspecified atom stereocenters. The van der Waals surface area contributed by atoms with E-state index in [4.69, 9.17) is 0 Å². The van der Waals surface area contributed by atoms with Crippen LogP contribution in [0.1, 0.15) is 17.8 Å². The van der Waals surface area contributed by atoms with Crippen molar-refractivity contribution in [3.8, 4) is 5.69 Å². The summed E-state index contributed by atoms with van der Waals surface area (Å²) in [6.45, 7) is 2.60. The van der Waals surface area contributed by atoms with Gasteiger partial charge in [0.05, 0.1) is 12.2 Å². The van der Waals surface area contributed by atoms with Gasteiger partial charge in [-0.2, -0.15) is 0 Å². The van der Waals surface area contributed by atoms with Crippen LogP contribution in [0.25, 0.3) is 5.69 Å². The summed E-state index contributed by atoms with van der Waals surface area (Å²) in [7, 11) is 0. The molecule has 0 aliphatic heterocycles. The number of para-hydroxylation sites is 2. The smallest absolute Gasteiger partial charge is 0.225 e. The van der Waals surface area contributed by atoms with E-state index in [-0.39, 0.29) is 5.91 Å². The summed E-state index contributed by atoms with van der Waals surface area (Å²) in [4.78, 5) is 12.4. The van der Waals surface area contributed by atoms with Gasteiger partial charge in [0.1, 0.15) is 0 Å². The standard InChI is InChI=1S/C25H24BrN5OS/c1-18-11-13-19(14-12-18)27-17-23-29-30-25(31(23)20-7-3-2-4-8-20)33-16-15-24(32)28-22-10-6-5-9-21(22)26/h2-14,27H,15-17H2,1H3,(H,28,32). The Morgan fingerprint density at radius 1 is 0.970 bits per heavy atom. The van der Waals surface area contributed by atoms with E-state index in [1.165, 1.54) is 17.3 Å². The van der Waals surface area contributed by atoms with E-state index in [9.17, 15) is 4.79 Å². The van der Waals surface area contributed by atoms with Gasteiger partial charge in [-0.1, -0.05) is 59.8 Å². The van der Waals surface area contributed by atoms with Crippen LogP contribution in [-0.2, 0) is 11.3 Å². The number of carbonyl (C=O) groups is 1. The highest BCUT2D eigenvalue weighted by Crippen LogP contribution is 2.25. The number of nitrogens with one attached hydrogen (secondary N) is 2. The zero-order chi connectivity index (χ0) is 23.0. The number of hydrogen-bond acceptors (Lipinski definition) is 5. The maximum Gasteiger partial charge on any atom is 0.225 e. The van der Waals surface area contributed by atoms with Crippen molar-refractivity contribution in [1.82, 2.24) is 14.8 Å². The molecule has 33 heavy (non-hydrogen) atoms. The number of nitrogens with zero attached hydrogens (tertiary/aromatic N) is 3. The molecule has 0 fully saturated rings. The minimum absolute atomic E-state index is 0.0403. The van der Waals surface area contributed by atoms with Gasteiger partial charge in [0.2, 0.25) is 5.91 Å². The van der Waals surface area contributed by atoms with Gasteiger partial charge in [-0.25, -0.2) is 0 Å². The van der Waals surface area contributed by atoms with Crippen LogP contribution < -0.4 is 10.6 Å². The predicted octanol–water partition coefficient (Wildman–Crippen LogP) is 6.07. The fourth-order valence-corrected chi connectivity index (χ4v) is 4.50. The van der Waals surface area contributed by atoms with Crippen molar-refractivity contribution in [2.24, 2.45) is 0 Å². The third kappa shape index (κ3) is 6.24. The molecule has 6 nitrogen and oxygen atoms in total. The normalized spacial score (nSPS) is 10.7. The summed E-state index contributed by atoms with van der Waals surface area (Å²) >= 11 is 4.97. The Labute approximate surface area is 206 Å². The van der Waals surface area contributed by atoms with E-state index in [1.807, 2.05) is 59.2 Å². The number of carbonyl (C=O) groups excluding carboxylic acids is 1. The zero-order valence-electron chi connectivity index (χ0n) is 18.2. The van der Waals surface area contributed by atoms with Crippen LogP contribution >= 0.6 is 27.7 Å².